The van der Waals surface area contributed by atoms with E-state index in [1.165, 1.54) is 18.2 Å². The number of nitrogens with one attached hydrogen (secondary N) is 1. The molecule has 0 bridgehead atoms. The number of benzene rings is 4. The normalized spacial score (nSPS) is 11.2. The minimum Gasteiger partial charge on any atom is -0.744 e. The van der Waals surface area contributed by atoms with Crippen molar-refractivity contribution in [2.45, 2.75) is 14.7 Å². The fraction of sp³-hybridized carbons (Fsp3) is 0. The van der Waals surface area contributed by atoms with E-state index in [-0.39, 0.29) is 105 Å². The number of rotatable bonds is 13. The Kier molecular flexibility index (Phi) is 19.1. The van der Waals surface area contributed by atoms with Crippen molar-refractivity contribution < 1.29 is 136 Å². The molecule has 21 heteroatoms. The first-order valence-electron chi connectivity index (χ1n) is 10.9. The van der Waals surface area contributed by atoms with Crippen LogP contribution >= 0.6 is 24.1 Å². The number of amides is 1. The van der Waals surface area contributed by atoms with E-state index >= 15 is 0 Å². The molecule has 0 aliphatic carbocycles. The number of azo groups is 2. The minimum absolute atomic E-state index is 0. The third-order valence-corrected chi connectivity index (χ3v) is 7.10. The second-order valence-corrected chi connectivity index (χ2v) is 10.4. The van der Waals surface area contributed by atoms with E-state index in [1.807, 2.05) is 0 Å². The van der Waals surface area contributed by atoms with E-state index in [0.29, 0.717) is 63.2 Å². The van der Waals surface area contributed by atoms with E-state index in [1.54, 1.807) is 48.5 Å². The van der Waals surface area contributed by atoms with Crippen molar-refractivity contribution in [3.63, 3.8) is 0 Å². The summed E-state index contributed by atoms with van der Waals surface area (Å²) in [5.41, 5.74) is 1.48. The van der Waals surface area contributed by atoms with E-state index in [2.05, 4.69) is 44.5 Å². The molecule has 15 nitrogen and oxygen atoms in total. The predicted molar refractivity (Wildman–Crippen MR) is 139 cm³/mol. The number of carbonyl (C=O) groups excluding carboxylic acids is 1. The molecule has 44 heavy (non-hydrogen) atoms. The third-order valence-electron chi connectivity index (χ3n) is 5.09. The summed E-state index contributed by atoms with van der Waals surface area (Å²) in [5.74, 6) is 0. The molecule has 4 rings (SSSR count). The van der Waals surface area contributed by atoms with Gasteiger partial charge in [0.25, 0.3) is 0 Å². The molecule has 0 fully saturated rings. The molecule has 4 aromatic carbocycles. The van der Waals surface area contributed by atoms with Crippen molar-refractivity contribution in [3.05, 3.63) is 72.8 Å². The van der Waals surface area contributed by atoms with Gasteiger partial charge in [-0.2, -0.15) is 13.8 Å². The van der Waals surface area contributed by atoms with Gasteiger partial charge in [-0.3, -0.25) is 14.9 Å². The van der Waals surface area contributed by atoms with Crippen LogP contribution in [0.2, 0.25) is 0 Å². The summed E-state index contributed by atoms with van der Waals surface area (Å²) in [4.78, 5) is 10.4. The smallest absolute Gasteiger partial charge is 0.744 e. The summed E-state index contributed by atoms with van der Waals surface area (Å²) < 4.78 is 44.1. The molecule has 0 radical (unpaired) electrons. The molecule has 0 unspecified atom stereocenters. The van der Waals surface area contributed by atoms with Crippen molar-refractivity contribution in [2.75, 3.05) is 5.32 Å². The van der Waals surface area contributed by atoms with Crippen LogP contribution in [0.1, 0.15) is 0 Å². The van der Waals surface area contributed by atoms with Crippen LogP contribution in [0.4, 0.5) is 28.4 Å². The van der Waals surface area contributed by atoms with Crippen molar-refractivity contribution in [3.8, 4) is 0 Å². The largest absolute Gasteiger partial charge is 1.00 e. The van der Waals surface area contributed by atoms with Gasteiger partial charge in [-0.25, -0.2) is 8.42 Å². The summed E-state index contributed by atoms with van der Waals surface area (Å²) in [5, 5.41) is 47.1. The average Bonchev–Trinajstić information content (AvgIpc) is 2.97. The summed E-state index contributed by atoms with van der Waals surface area (Å²) >= 11 is 1.03. The maximum atomic E-state index is 11.8. The molecule has 0 heterocycles. The molecule has 4 aromatic rings. The second kappa shape index (κ2) is 20.4. The van der Waals surface area contributed by atoms with Crippen LogP contribution in [-0.2, 0) is 33.7 Å². The Bertz CT molecular complexity index is 1720. The van der Waals surface area contributed by atoms with Gasteiger partial charge in [0, 0.05) is 26.3 Å². The van der Waals surface area contributed by atoms with Crippen LogP contribution in [-0.4, -0.2) is 19.4 Å². The van der Waals surface area contributed by atoms with Crippen LogP contribution in [0, 0.1) is 0 Å². The van der Waals surface area contributed by atoms with E-state index in [4.69, 9.17) is 0 Å². The number of carbonyl (C=O) groups is 1. The Morgan fingerprint density at radius 2 is 1.20 bits per heavy atom. The Morgan fingerprint density at radius 1 is 0.682 bits per heavy atom. The Hall–Kier alpha value is -0.820. The standard InChI is InChI=1S/C23H17N5O10S3.3Na/c29-13-24-14-1-3-15(4-2-14)25-26-20-9-10-21(19-11-16(39-37-35-30)5-7-18(19)20)27-28-22-8-6-17(40-38-36-31)12-23(22)41(32,33)34;;;/h1-13,30-31H,(H,24,29)(H,32,33,34);;;/q;3*+1/p-3. The zero-order valence-corrected chi connectivity index (χ0v) is 31.6. The van der Waals surface area contributed by atoms with Gasteiger partial charge in [0.2, 0.25) is 6.41 Å². The van der Waals surface area contributed by atoms with Crippen LogP contribution < -0.4 is 105 Å². The van der Waals surface area contributed by atoms with Crippen LogP contribution in [0.25, 0.3) is 10.8 Å². The number of fused-ring (bicyclic) bond motifs is 1. The molecular weight excluding hydrogens is 671 g/mol. The summed E-state index contributed by atoms with van der Waals surface area (Å²) in [7, 11) is -4.99. The quantitative estimate of drug-likeness (QED) is 0.0268. The molecule has 0 saturated heterocycles. The summed E-state index contributed by atoms with van der Waals surface area (Å²) in [6.45, 7) is 0. The maximum Gasteiger partial charge on any atom is 1.00 e. The number of anilines is 1. The van der Waals surface area contributed by atoms with E-state index in [9.17, 15) is 28.3 Å². The van der Waals surface area contributed by atoms with Crippen molar-refractivity contribution >= 4 is 79.8 Å². The minimum atomic E-state index is -4.99. The van der Waals surface area contributed by atoms with E-state index < -0.39 is 15.0 Å². The van der Waals surface area contributed by atoms with Gasteiger partial charge in [0.05, 0.1) is 46.0 Å². The zero-order valence-electron chi connectivity index (χ0n) is 23.1. The third kappa shape index (κ3) is 11.8. The van der Waals surface area contributed by atoms with Gasteiger partial charge in [0.1, 0.15) is 15.8 Å². The van der Waals surface area contributed by atoms with Crippen molar-refractivity contribution in [1.29, 1.82) is 0 Å². The molecule has 212 valence electrons. The van der Waals surface area contributed by atoms with Gasteiger partial charge in [-0.15, -0.1) is 15.3 Å². The zero-order chi connectivity index (χ0) is 29.2. The molecule has 0 atom stereocenters. The van der Waals surface area contributed by atoms with Gasteiger partial charge in [-0.1, -0.05) is 6.07 Å². The monoisotopic (exact) mass is 685 g/mol. The van der Waals surface area contributed by atoms with Gasteiger partial charge >= 0.3 is 88.7 Å². The average molecular weight is 686 g/mol. The SMILES string of the molecule is O=CNc1ccc(N=Nc2ccc(N=Nc3ccc(SOO[O-])cc3S(=O)(=O)[O-])c3cc(SOO[O-])ccc23)cc1.[Na+].[Na+].[Na+]. The number of hydrogen-bond acceptors (Lipinski definition) is 16. The predicted octanol–water partition coefficient (Wildman–Crippen LogP) is -4.38. The summed E-state index contributed by atoms with van der Waals surface area (Å²) in [6, 6.07) is 18.1. The maximum absolute atomic E-state index is 11.8. The van der Waals surface area contributed by atoms with Gasteiger partial charge in [0.15, 0.2) is 0 Å². The van der Waals surface area contributed by atoms with Crippen LogP contribution in [0.5, 0.6) is 0 Å². The second-order valence-electron chi connectivity index (χ2n) is 7.54. The van der Waals surface area contributed by atoms with E-state index in [0.717, 1.165) is 6.07 Å². The number of hydrogen-bond donors (Lipinski definition) is 1. The Morgan fingerprint density at radius 3 is 1.80 bits per heavy atom. The molecule has 1 N–H and O–H groups in total. The molecule has 0 spiro atoms. The van der Waals surface area contributed by atoms with Gasteiger partial charge in [-0.05, 0) is 66.7 Å². The molecule has 0 aliphatic rings. The number of nitrogens with zero attached hydrogens (tertiary/aromatic N) is 4. The fourth-order valence-electron chi connectivity index (χ4n) is 3.37. The first kappa shape index (κ1) is 41.2. The molecule has 0 aromatic heterocycles. The molecule has 0 saturated carbocycles. The van der Waals surface area contributed by atoms with Crippen molar-refractivity contribution in [2.24, 2.45) is 20.5 Å². The van der Waals surface area contributed by atoms with Crippen LogP contribution in [0.15, 0.2) is 108 Å². The first-order valence-corrected chi connectivity index (χ1v) is 13.8. The Balaban J connectivity index is 0.00000323. The van der Waals surface area contributed by atoms with Crippen molar-refractivity contribution in [1.82, 2.24) is 0 Å². The van der Waals surface area contributed by atoms with Gasteiger partial charge < -0.3 is 20.4 Å². The topological polar surface area (TPSA) is 219 Å². The molecular formula is C23H14N5Na3O10S3. The molecule has 1 amide bonds. The van der Waals surface area contributed by atoms with Crippen LogP contribution in [0.3, 0.4) is 0 Å². The first-order chi connectivity index (χ1) is 19.8. The fourth-order valence-corrected chi connectivity index (χ4v) is 4.87. The molecule has 0 aliphatic heterocycles. The Labute approximate surface area is 324 Å². The summed E-state index contributed by atoms with van der Waals surface area (Å²) in [6.07, 6.45) is 0.554.